The number of benzene rings is 3. The minimum absolute atomic E-state index is 0.150. The predicted molar refractivity (Wildman–Crippen MR) is 150 cm³/mol. The summed E-state index contributed by atoms with van der Waals surface area (Å²) in [5, 5.41) is 11.2. The molecule has 9 heteroatoms. The van der Waals surface area contributed by atoms with Crippen molar-refractivity contribution >= 4 is 46.6 Å². The maximum absolute atomic E-state index is 13.2. The van der Waals surface area contributed by atoms with Crippen molar-refractivity contribution in [3.8, 4) is 16.9 Å². The largest absolute Gasteiger partial charge is 0.322 e. The van der Waals surface area contributed by atoms with Crippen LogP contribution in [0.2, 0.25) is 10.0 Å². The average molecular weight is 536 g/mol. The quantitative estimate of drug-likeness (QED) is 0.266. The number of carbonyl (C=O) groups is 2. The molecule has 190 valence electrons. The Labute approximate surface area is 226 Å². The Bertz CT molecular complexity index is 1400. The molecule has 2 N–H and O–H groups in total. The third kappa shape index (κ3) is 6.50. The number of amides is 3. The number of anilines is 2. The van der Waals surface area contributed by atoms with E-state index in [0.717, 1.165) is 11.1 Å². The zero-order chi connectivity index (χ0) is 26.5. The highest BCUT2D eigenvalue weighted by Gasteiger charge is 2.22. The first kappa shape index (κ1) is 26.3. The van der Waals surface area contributed by atoms with Crippen LogP contribution >= 0.6 is 23.2 Å². The maximum Gasteiger partial charge on any atom is 0.322 e. The Morgan fingerprint density at radius 1 is 0.919 bits per heavy atom. The summed E-state index contributed by atoms with van der Waals surface area (Å²) in [7, 11) is 0. The third-order valence-corrected chi connectivity index (χ3v) is 6.43. The number of hydrogen-bond acceptors (Lipinski definition) is 3. The molecule has 0 bridgehead atoms. The van der Waals surface area contributed by atoms with E-state index < -0.39 is 0 Å². The van der Waals surface area contributed by atoms with Crippen LogP contribution in [0.15, 0.2) is 78.9 Å². The number of carbonyl (C=O) groups excluding carboxylic acids is 2. The van der Waals surface area contributed by atoms with E-state index in [1.807, 2.05) is 75.4 Å². The van der Waals surface area contributed by atoms with Gasteiger partial charge in [-0.25, -0.2) is 9.48 Å². The van der Waals surface area contributed by atoms with Gasteiger partial charge < -0.3 is 15.5 Å². The fourth-order valence-corrected chi connectivity index (χ4v) is 3.98. The number of halogens is 2. The topological polar surface area (TPSA) is 79.3 Å². The van der Waals surface area contributed by atoms with Gasteiger partial charge in [-0.3, -0.25) is 4.79 Å². The molecule has 0 aliphatic heterocycles. The summed E-state index contributed by atoms with van der Waals surface area (Å²) in [5.41, 5.74) is 3.93. The van der Waals surface area contributed by atoms with Gasteiger partial charge in [0.25, 0.3) is 0 Å². The van der Waals surface area contributed by atoms with E-state index in [0.29, 0.717) is 32.9 Å². The minimum atomic E-state index is -0.367. The zero-order valence-corrected chi connectivity index (χ0v) is 22.2. The second-order valence-corrected chi connectivity index (χ2v) is 9.67. The van der Waals surface area contributed by atoms with Crippen molar-refractivity contribution in [2.75, 3.05) is 17.2 Å². The standard InChI is InChI=1S/C28H27Cl2N5O2/c1-18(2)34(28(37)31-21-11-9-19(3)10-12-21)17-27(36)32-26-16-25(20-7-5-4-6-8-20)33-35(26)22-13-14-23(29)24(30)15-22/h4-16,18H,17H2,1-3H3,(H,31,37)(H,32,36). The first-order valence-corrected chi connectivity index (χ1v) is 12.5. The van der Waals surface area contributed by atoms with Crippen molar-refractivity contribution in [3.05, 3.63) is 94.5 Å². The van der Waals surface area contributed by atoms with E-state index in [4.69, 9.17) is 28.3 Å². The molecular formula is C28H27Cl2N5O2. The monoisotopic (exact) mass is 535 g/mol. The van der Waals surface area contributed by atoms with E-state index in [2.05, 4.69) is 10.6 Å². The van der Waals surface area contributed by atoms with Crippen LogP contribution in [0.4, 0.5) is 16.3 Å². The van der Waals surface area contributed by atoms with Crippen LogP contribution in [0.1, 0.15) is 19.4 Å². The van der Waals surface area contributed by atoms with Crippen molar-refractivity contribution in [1.29, 1.82) is 0 Å². The second-order valence-electron chi connectivity index (χ2n) is 8.86. The second kappa shape index (κ2) is 11.5. The SMILES string of the molecule is Cc1ccc(NC(=O)N(CC(=O)Nc2cc(-c3ccccc3)nn2-c2ccc(Cl)c(Cl)c2)C(C)C)cc1. The average Bonchev–Trinajstić information content (AvgIpc) is 3.29. The van der Waals surface area contributed by atoms with Crippen LogP contribution in [0, 0.1) is 6.92 Å². The van der Waals surface area contributed by atoms with Gasteiger partial charge in [0.15, 0.2) is 0 Å². The van der Waals surface area contributed by atoms with E-state index in [-0.39, 0.29) is 24.5 Å². The van der Waals surface area contributed by atoms with Gasteiger partial charge in [0.05, 0.1) is 21.4 Å². The Morgan fingerprint density at radius 3 is 2.27 bits per heavy atom. The number of aryl methyl sites for hydroxylation is 1. The first-order valence-electron chi connectivity index (χ1n) is 11.8. The van der Waals surface area contributed by atoms with Gasteiger partial charge in [-0.1, -0.05) is 71.2 Å². The Balaban J connectivity index is 1.58. The number of nitrogens with one attached hydrogen (secondary N) is 2. The third-order valence-electron chi connectivity index (χ3n) is 5.70. The molecule has 0 fully saturated rings. The number of nitrogens with zero attached hydrogens (tertiary/aromatic N) is 3. The molecule has 1 heterocycles. The molecule has 7 nitrogen and oxygen atoms in total. The van der Waals surface area contributed by atoms with Crippen LogP contribution in [-0.4, -0.2) is 39.2 Å². The summed E-state index contributed by atoms with van der Waals surface area (Å²) >= 11 is 12.3. The van der Waals surface area contributed by atoms with Gasteiger partial charge in [0.2, 0.25) is 5.91 Å². The van der Waals surface area contributed by atoms with Gasteiger partial charge in [0, 0.05) is 23.4 Å². The first-order chi connectivity index (χ1) is 17.7. The zero-order valence-electron chi connectivity index (χ0n) is 20.7. The Kier molecular flexibility index (Phi) is 8.16. The van der Waals surface area contributed by atoms with Crippen LogP contribution in [0.25, 0.3) is 16.9 Å². The molecule has 4 rings (SSSR count). The van der Waals surface area contributed by atoms with Gasteiger partial charge in [-0.05, 0) is 51.1 Å². The Morgan fingerprint density at radius 2 is 1.62 bits per heavy atom. The van der Waals surface area contributed by atoms with E-state index in [9.17, 15) is 9.59 Å². The highest BCUT2D eigenvalue weighted by molar-refractivity contribution is 6.42. The lowest BCUT2D eigenvalue weighted by molar-refractivity contribution is -0.117. The number of hydrogen-bond donors (Lipinski definition) is 2. The van der Waals surface area contributed by atoms with E-state index in [1.54, 1.807) is 28.9 Å². The molecule has 3 amide bonds. The van der Waals surface area contributed by atoms with Crippen LogP contribution in [0.3, 0.4) is 0 Å². The van der Waals surface area contributed by atoms with Crippen molar-refractivity contribution in [1.82, 2.24) is 14.7 Å². The van der Waals surface area contributed by atoms with Crippen LogP contribution in [-0.2, 0) is 4.79 Å². The highest BCUT2D eigenvalue weighted by Crippen LogP contribution is 2.29. The van der Waals surface area contributed by atoms with Gasteiger partial charge >= 0.3 is 6.03 Å². The normalized spacial score (nSPS) is 10.9. The summed E-state index contributed by atoms with van der Waals surface area (Å²) in [6.45, 7) is 5.54. The highest BCUT2D eigenvalue weighted by atomic mass is 35.5. The number of urea groups is 1. The molecule has 4 aromatic rings. The summed E-state index contributed by atoms with van der Waals surface area (Å²) < 4.78 is 1.59. The molecule has 0 aliphatic carbocycles. The summed E-state index contributed by atoms with van der Waals surface area (Å²) in [4.78, 5) is 27.6. The lowest BCUT2D eigenvalue weighted by Gasteiger charge is -2.26. The van der Waals surface area contributed by atoms with Crippen molar-refractivity contribution < 1.29 is 9.59 Å². The summed E-state index contributed by atoms with van der Waals surface area (Å²) in [6.07, 6.45) is 0. The van der Waals surface area contributed by atoms with Crippen molar-refractivity contribution in [3.63, 3.8) is 0 Å². The smallest absolute Gasteiger partial charge is 0.313 e. The summed E-state index contributed by atoms with van der Waals surface area (Å²) in [5.74, 6) is 0.0680. The van der Waals surface area contributed by atoms with Gasteiger partial charge in [-0.2, -0.15) is 5.10 Å². The molecule has 1 aromatic heterocycles. The van der Waals surface area contributed by atoms with Gasteiger partial charge in [-0.15, -0.1) is 0 Å². The lowest BCUT2D eigenvalue weighted by atomic mass is 10.1. The molecule has 0 saturated heterocycles. The molecule has 0 atom stereocenters. The fourth-order valence-electron chi connectivity index (χ4n) is 3.69. The van der Waals surface area contributed by atoms with Crippen LogP contribution in [0.5, 0.6) is 0 Å². The molecule has 0 saturated carbocycles. The summed E-state index contributed by atoms with van der Waals surface area (Å²) in [6, 6.07) is 23.4. The predicted octanol–water partition coefficient (Wildman–Crippen LogP) is 7.04. The molecule has 37 heavy (non-hydrogen) atoms. The van der Waals surface area contributed by atoms with Crippen molar-refractivity contribution in [2.45, 2.75) is 26.8 Å². The molecule has 0 radical (unpaired) electrons. The molecular weight excluding hydrogens is 509 g/mol. The molecule has 0 spiro atoms. The van der Waals surface area contributed by atoms with E-state index >= 15 is 0 Å². The minimum Gasteiger partial charge on any atom is -0.313 e. The lowest BCUT2D eigenvalue weighted by Crippen LogP contribution is -2.44. The fraction of sp³-hybridized carbons (Fsp3) is 0.179. The molecule has 3 aromatic carbocycles. The molecule has 0 aliphatic rings. The van der Waals surface area contributed by atoms with Crippen molar-refractivity contribution in [2.24, 2.45) is 0 Å². The van der Waals surface area contributed by atoms with E-state index in [1.165, 1.54) is 4.90 Å². The van der Waals surface area contributed by atoms with Crippen LogP contribution < -0.4 is 10.6 Å². The Hall–Kier alpha value is -3.81. The number of aromatic nitrogens is 2. The van der Waals surface area contributed by atoms with Gasteiger partial charge in [0.1, 0.15) is 12.4 Å². The molecule has 0 unspecified atom stereocenters. The maximum atomic E-state index is 13.2. The number of rotatable bonds is 7.